The van der Waals surface area contributed by atoms with Crippen LogP contribution in [0.15, 0.2) is 45.7 Å². The predicted octanol–water partition coefficient (Wildman–Crippen LogP) is 4.02. The first-order valence-corrected chi connectivity index (χ1v) is 10.1. The van der Waals surface area contributed by atoms with Gasteiger partial charge in [0.25, 0.3) is 5.56 Å². The maximum Gasteiger partial charge on any atom is 0.342 e. The maximum absolute atomic E-state index is 12.3. The standard InChI is InChI=1S/C21H16BrClN2O7/c1-31-13-7-10(6-11(22)17(13)32-8-9-4-2-3-5-12(9)23)14-15(20(27)28)18(24)25-19(26)16(14)21(29)30/h2-7H,8H2,1H3,(H,27,28)(H,29,30)(H3,24,25,26). The van der Waals surface area contributed by atoms with Crippen LogP contribution in [0.3, 0.4) is 0 Å². The Kier molecular flexibility index (Phi) is 6.75. The SMILES string of the molecule is COc1cc(-c2c(C(=O)O)c(N)[nH]c(=O)c2C(=O)O)cc(Br)c1OCc1ccccc1Cl. The van der Waals surface area contributed by atoms with Crippen molar-refractivity contribution in [3.05, 3.63) is 72.9 Å². The van der Waals surface area contributed by atoms with Gasteiger partial charge in [0.05, 0.1) is 11.6 Å². The molecule has 0 aliphatic carbocycles. The average Bonchev–Trinajstić information content (AvgIpc) is 2.72. The van der Waals surface area contributed by atoms with Gasteiger partial charge >= 0.3 is 11.9 Å². The third-order valence-corrected chi connectivity index (χ3v) is 5.48. The van der Waals surface area contributed by atoms with Crippen molar-refractivity contribution in [3.63, 3.8) is 0 Å². The molecule has 0 unspecified atom stereocenters. The fourth-order valence-electron chi connectivity index (χ4n) is 3.10. The largest absolute Gasteiger partial charge is 0.493 e. The van der Waals surface area contributed by atoms with E-state index in [1.165, 1.54) is 19.2 Å². The van der Waals surface area contributed by atoms with Gasteiger partial charge in [0.1, 0.15) is 23.6 Å². The Morgan fingerprint density at radius 1 is 1.16 bits per heavy atom. The lowest BCUT2D eigenvalue weighted by molar-refractivity contribution is 0.0695. The molecule has 3 rings (SSSR count). The van der Waals surface area contributed by atoms with E-state index in [1.54, 1.807) is 24.3 Å². The van der Waals surface area contributed by atoms with Crippen molar-refractivity contribution in [3.8, 4) is 22.6 Å². The number of carbonyl (C=O) groups is 2. The Balaban J connectivity index is 2.18. The Morgan fingerprint density at radius 3 is 2.41 bits per heavy atom. The zero-order valence-electron chi connectivity index (χ0n) is 16.4. The summed E-state index contributed by atoms with van der Waals surface area (Å²) < 4.78 is 11.5. The van der Waals surface area contributed by atoms with Crippen LogP contribution in [-0.4, -0.2) is 34.2 Å². The van der Waals surface area contributed by atoms with Crippen LogP contribution in [-0.2, 0) is 6.61 Å². The summed E-state index contributed by atoms with van der Waals surface area (Å²) in [6, 6.07) is 9.86. The van der Waals surface area contributed by atoms with E-state index in [2.05, 4.69) is 20.9 Å². The Hall–Kier alpha value is -3.50. The number of aromatic amines is 1. The van der Waals surface area contributed by atoms with Crippen molar-refractivity contribution in [2.75, 3.05) is 12.8 Å². The van der Waals surface area contributed by atoms with Crippen molar-refractivity contribution in [2.45, 2.75) is 6.61 Å². The second kappa shape index (κ2) is 9.33. The van der Waals surface area contributed by atoms with E-state index in [0.717, 1.165) is 5.56 Å². The molecule has 0 atom stereocenters. The number of methoxy groups -OCH3 is 1. The number of benzene rings is 2. The number of hydrogen-bond donors (Lipinski definition) is 4. The molecule has 0 amide bonds. The molecule has 0 spiro atoms. The molecular weight excluding hydrogens is 508 g/mol. The second-order valence-electron chi connectivity index (χ2n) is 6.47. The third kappa shape index (κ3) is 4.41. The van der Waals surface area contributed by atoms with Crippen LogP contribution in [0.1, 0.15) is 26.3 Å². The molecule has 0 aliphatic heterocycles. The summed E-state index contributed by atoms with van der Waals surface area (Å²) in [5.41, 5.74) is 3.76. The molecule has 1 heterocycles. The number of pyridine rings is 1. The fourth-order valence-corrected chi connectivity index (χ4v) is 3.85. The zero-order valence-corrected chi connectivity index (χ0v) is 18.8. The van der Waals surface area contributed by atoms with Crippen LogP contribution in [0.2, 0.25) is 5.02 Å². The number of H-pyrrole nitrogens is 1. The number of carboxylic acids is 2. The molecule has 32 heavy (non-hydrogen) atoms. The minimum absolute atomic E-state index is 0.0754. The lowest BCUT2D eigenvalue weighted by Gasteiger charge is -2.17. The van der Waals surface area contributed by atoms with Crippen LogP contribution < -0.4 is 20.8 Å². The first kappa shape index (κ1) is 23.2. The highest BCUT2D eigenvalue weighted by molar-refractivity contribution is 9.10. The highest BCUT2D eigenvalue weighted by atomic mass is 79.9. The molecule has 3 aromatic rings. The van der Waals surface area contributed by atoms with E-state index in [-0.39, 0.29) is 29.2 Å². The highest BCUT2D eigenvalue weighted by Crippen LogP contribution is 2.42. The molecule has 5 N–H and O–H groups in total. The minimum Gasteiger partial charge on any atom is -0.493 e. The van der Waals surface area contributed by atoms with E-state index in [0.29, 0.717) is 9.50 Å². The maximum atomic E-state index is 12.3. The monoisotopic (exact) mass is 522 g/mol. The van der Waals surface area contributed by atoms with Crippen molar-refractivity contribution in [2.24, 2.45) is 0 Å². The van der Waals surface area contributed by atoms with Crippen molar-refractivity contribution < 1.29 is 29.3 Å². The van der Waals surface area contributed by atoms with Crippen molar-refractivity contribution in [1.29, 1.82) is 0 Å². The molecule has 0 saturated heterocycles. The van der Waals surface area contributed by atoms with Gasteiger partial charge in [0.2, 0.25) is 0 Å². The number of rotatable bonds is 7. The number of anilines is 1. The molecular formula is C21H16BrClN2O7. The molecule has 0 saturated carbocycles. The topological polar surface area (TPSA) is 152 Å². The number of nitrogen functional groups attached to an aromatic ring is 1. The van der Waals surface area contributed by atoms with Crippen LogP contribution >= 0.6 is 27.5 Å². The summed E-state index contributed by atoms with van der Waals surface area (Å²) in [6.45, 7) is 0.104. The van der Waals surface area contributed by atoms with E-state index in [1.807, 2.05) is 0 Å². The Labute approximate surface area is 194 Å². The number of aromatic nitrogens is 1. The molecule has 0 aliphatic rings. The molecule has 0 fully saturated rings. The molecule has 0 bridgehead atoms. The zero-order chi connectivity index (χ0) is 23.6. The lowest BCUT2D eigenvalue weighted by atomic mass is 9.95. The second-order valence-corrected chi connectivity index (χ2v) is 7.73. The minimum atomic E-state index is -1.61. The number of nitrogens with one attached hydrogen (secondary N) is 1. The van der Waals surface area contributed by atoms with E-state index in [4.69, 9.17) is 26.8 Å². The molecule has 166 valence electrons. The average molecular weight is 524 g/mol. The smallest absolute Gasteiger partial charge is 0.342 e. The van der Waals surface area contributed by atoms with Crippen molar-refractivity contribution in [1.82, 2.24) is 4.98 Å². The highest BCUT2D eigenvalue weighted by Gasteiger charge is 2.28. The summed E-state index contributed by atoms with van der Waals surface area (Å²) in [4.78, 5) is 37.9. The van der Waals surface area contributed by atoms with Gasteiger partial charge in [-0.3, -0.25) is 4.79 Å². The molecule has 9 nitrogen and oxygen atoms in total. The van der Waals surface area contributed by atoms with Crippen LogP contribution in [0.4, 0.5) is 5.82 Å². The number of hydrogen-bond acceptors (Lipinski definition) is 6. The molecule has 11 heteroatoms. The fraction of sp³-hybridized carbons (Fsp3) is 0.0952. The summed E-state index contributed by atoms with van der Waals surface area (Å²) in [7, 11) is 1.36. The number of carboxylic acid groups (broad SMARTS) is 2. The normalized spacial score (nSPS) is 10.6. The van der Waals surface area contributed by atoms with Crippen LogP contribution in [0.5, 0.6) is 11.5 Å². The van der Waals surface area contributed by atoms with Gasteiger partial charge in [-0.2, -0.15) is 0 Å². The van der Waals surface area contributed by atoms with Gasteiger partial charge in [-0.05, 0) is 39.7 Å². The van der Waals surface area contributed by atoms with E-state index in [9.17, 15) is 24.6 Å². The Bertz CT molecular complexity index is 1290. The summed E-state index contributed by atoms with van der Waals surface area (Å²) in [5.74, 6) is -3.17. The quantitative estimate of drug-likeness (QED) is 0.362. The summed E-state index contributed by atoms with van der Waals surface area (Å²) in [6.07, 6.45) is 0. The van der Waals surface area contributed by atoms with Gasteiger partial charge in [0, 0.05) is 16.1 Å². The van der Waals surface area contributed by atoms with Crippen molar-refractivity contribution >= 4 is 45.3 Å². The number of aromatic carboxylic acids is 2. The molecule has 2 aromatic carbocycles. The number of ether oxygens (including phenoxy) is 2. The van der Waals surface area contributed by atoms with E-state index >= 15 is 0 Å². The first-order valence-electron chi connectivity index (χ1n) is 8.92. The third-order valence-electron chi connectivity index (χ3n) is 4.52. The van der Waals surface area contributed by atoms with Gasteiger partial charge in [-0.1, -0.05) is 29.8 Å². The number of nitrogens with two attached hydrogens (primary N) is 1. The van der Waals surface area contributed by atoms with Gasteiger partial charge in [-0.25, -0.2) is 9.59 Å². The van der Waals surface area contributed by atoms with Crippen LogP contribution in [0, 0.1) is 0 Å². The van der Waals surface area contributed by atoms with E-state index < -0.39 is 34.4 Å². The predicted molar refractivity (Wildman–Crippen MR) is 121 cm³/mol. The van der Waals surface area contributed by atoms with Gasteiger partial charge < -0.3 is 30.4 Å². The van der Waals surface area contributed by atoms with Gasteiger partial charge in [0.15, 0.2) is 11.5 Å². The lowest BCUT2D eigenvalue weighted by Crippen LogP contribution is -2.24. The van der Waals surface area contributed by atoms with Crippen LogP contribution in [0.25, 0.3) is 11.1 Å². The molecule has 0 radical (unpaired) electrons. The summed E-state index contributed by atoms with van der Waals surface area (Å²) in [5, 5.41) is 19.7. The molecule has 1 aromatic heterocycles. The number of halogens is 2. The van der Waals surface area contributed by atoms with Gasteiger partial charge in [-0.15, -0.1) is 0 Å². The summed E-state index contributed by atoms with van der Waals surface area (Å²) >= 11 is 9.49. The first-order chi connectivity index (χ1) is 15.1. The Morgan fingerprint density at radius 2 is 1.81 bits per heavy atom.